The van der Waals surface area contributed by atoms with Gasteiger partial charge in [0.2, 0.25) is 0 Å². The Labute approximate surface area is 139 Å². The first-order valence-electron chi connectivity index (χ1n) is 8.31. The first kappa shape index (κ1) is 17.6. The molecule has 1 aliphatic heterocycles. The molecule has 1 N–H and O–H groups in total. The molecule has 1 aromatic rings. The summed E-state index contributed by atoms with van der Waals surface area (Å²) in [6.07, 6.45) is 1.99. The highest BCUT2D eigenvalue weighted by Crippen LogP contribution is 2.29. The zero-order valence-electron chi connectivity index (χ0n) is 14.6. The maximum Gasteiger partial charge on any atom is 0.253 e. The van der Waals surface area contributed by atoms with Crippen LogP contribution in [0, 0.1) is 5.92 Å². The van der Waals surface area contributed by atoms with E-state index in [9.17, 15) is 4.79 Å². The van der Waals surface area contributed by atoms with E-state index in [1.165, 1.54) is 0 Å². The molecule has 1 aromatic carbocycles. The molecule has 0 aromatic heterocycles. The second-order valence-electron chi connectivity index (χ2n) is 6.47. The van der Waals surface area contributed by atoms with Crippen LogP contribution in [0.25, 0.3) is 0 Å². The van der Waals surface area contributed by atoms with E-state index < -0.39 is 0 Å². The lowest BCUT2D eigenvalue weighted by atomic mass is 10.0. The maximum absolute atomic E-state index is 12.7. The van der Waals surface area contributed by atoms with Crippen molar-refractivity contribution in [2.45, 2.75) is 32.7 Å². The number of carbonyl (C=O) groups is 1. The summed E-state index contributed by atoms with van der Waals surface area (Å²) in [7, 11) is 3.48. The van der Waals surface area contributed by atoms with Crippen LogP contribution in [-0.4, -0.2) is 50.7 Å². The normalized spacial score (nSPS) is 15.5. The van der Waals surface area contributed by atoms with Gasteiger partial charge in [0.1, 0.15) is 0 Å². The lowest BCUT2D eigenvalue weighted by Gasteiger charge is -2.31. The summed E-state index contributed by atoms with van der Waals surface area (Å²) in [6, 6.07) is 5.71. The smallest absolute Gasteiger partial charge is 0.253 e. The van der Waals surface area contributed by atoms with Crippen molar-refractivity contribution in [3.63, 3.8) is 0 Å². The predicted molar refractivity (Wildman–Crippen MR) is 91.3 cm³/mol. The Hall–Kier alpha value is -1.75. The molecular weight excluding hydrogens is 292 g/mol. The number of nitrogens with one attached hydrogen (secondary N) is 1. The molecule has 1 fully saturated rings. The van der Waals surface area contributed by atoms with E-state index in [-0.39, 0.29) is 5.91 Å². The Balaban J connectivity index is 2.10. The molecule has 5 nitrogen and oxygen atoms in total. The van der Waals surface area contributed by atoms with Crippen molar-refractivity contribution >= 4 is 5.91 Å². The molecule has 0 bridgehead atoms. The molecule has 0 radical (unpaired) electrons. The minimum atomic E-state index is 0.0330. The average molecular weight is 320 g/mol. The van der Waals surface area contributed by atoms with Gasteiger partial charge in [0.05, 0.1) is 13.7 Å². The molecular formula is C18H28N2O3. The summed E-state index contributed by atoms with van der Waals surface area (Å²) in [5, 5.41) is 3.32. The van der Waals surface area contributed by atoms with Crippen molar-refractivity contribution in [1.82, 2.24) is 10.2 Å². The van der Waals surface area contributed by atoms with Crippen molar-refractivity contribution in [2.75, 3.05) is 33.9 Å². The van der Waals surface area contributed by atoms with E-state index in [0.29, 0.717) is 35.6 Å². The first-order chi connectivity index (χ1) is 11.0. The Bertz CT molecular complexity index is 525. The average Bonchev–Trinajstić information content (AvgIpc) is 2.59. The molecule has 1 saturated heterocycles. The second-order valence-corrected chi connectivity index (χ2v) is 6.47. The van der Waals surface area contributed by atoms with Crippen LogP contribution >= 0.6 is 0 Å². The third kappa shape index (κ3) is 4.61. The minimum absolute atomic E-state index is 0.0330. The van der Waals surface area contributed by atoms with Gasteiger partial charge in [-0.1, -0.05) is 13.8 Å². The fourth-order valence-electron chi connectivity index (χ4n) is 2.74. The first-order valence-corrected chi connectivity index (χ1v) is 8.31. The molecule has 5 heteroatoms. The standard InChI is InChI=1S/C18H28N2O3/c1-13(2)12-23-16-6-5-14(11-17(16)22-4)18(21)20(3)15-7-9-19-10-8-15/h5-6,11,13,15,19H,7-10,12H2,1-4H3. The van der Waals surface area contributed by atoms with Crippen LogP contribution in [0.3, 0.4) is 0 Å². The molecule has 0 saturated carbocycles. The molecule has 1 amide bonds. The van der Waals surface area contributed by atoms with Crippen molar-refractivity contribution in [1.29, 1.82) is 0 Å². The van der Waals surface area contributed by atoms with E-state index in [2.05, 4.69) is 19.2 Å². The van der Waals surface area contributed by atoms with Gasteiger partial charge in [0, 0.05) is 18.7 Å². The molecule has 128 valence electrons. The topological polar surface area (TPSA) is 50.8 Å². The molecule has 1 heterocycles. The van der Waals surface area contributed by atoms with Gasteiger partial charge in [-0.3, -0.25) is 4.79 Å². The molecule has 2 rings (SSSR count). The number of rotatable bonds is 6. The minimum Gasteiger partial charge on any atom is -0.493 e. The summed E-state index contributed by atoms with van der Waals surface area (Å²) in [5.74, 6) is 1.76. The summed E-state index contributed by atoms with van der Waals surface area (Å²) >= 11 is 0. The van der Waals surface area contributed by atoms with Gasteiger partial charge in [0.25, 0.3) is 5.91 Å². The molecule has 23 heavy (non-hydrogen) atoms. The van der Waals surface area contributed by atoms with Crippen LogP contribution < -0.4 is 14.8 Å². The second kappa shape index (κ2) is 8.20. The fourth-order valence-corrected chi connectivity index (χ4v) is 2.74. The maximum atomic E-state index is 12.7. The van der Waals surface area contributed by atoms with E-state index in [1.807, 2.05) is 24.1 Å². The van der Waals surface area contributed by atoms with Gasteiger partial charge in [0.15, 0.2) is 11.5 Å². The van der Waals surface area contributed by atoms with Crippen LogP contribution in [-0.2, 0) is 0 Å². The monoisotopic (exact) mass is 320 g/mol. The summed E-state index contributed by atoms with van der Waals surface area (Å²) in [6.45, 7) is 6.75. The van der Waals surface area contributed by atoms with Crippen molar-refractivity contribution in [2.24, 2.45) is 5.92 Å². The highest BCUT2D eigenvalue weighted by Gasteiger charge is 2.23. The highest BCUT2D eigenvalue weighted by atomic mass is 16.5. The number of hydrogen-bond acceptors (Lipinski definition) is 4. The van der Waals surface area contributed by atoms with E-state index in [1.54, 1.807) is 13.2 Å². The summed E-state index contributed by atoms with van der Waals surface area (Å²) in [5.41, 5.74) is 0.639. The zero-order valence-corrected chi connectivity index (χ0v) is 14.6. The molecule has 0 aliphatic carbocycles. The Kier molecular flexibility index (Phi) is 6.28. The SMILES string of the molecule is COc1cc(C(=O)N(C)C2CCNCC2)ccc1OCC(C)C. The van der Waals surface area contributed by atoms with Crippen LogP contribution in [0.1, 0.15) is 37.0 Å². The van der Waals surface area contributed by atoms with Gasteiger partial charge in [-0.2, -0.15) is 0 Å². The van der Waals surface area contributed by atoms with Gasteiger partial charge < -0.3 is 19.7 Å². The van der Waals surface area contributed by atoms with Gasteiger partial charge in [-0.15, -0.1) is 0 Å². The number of piperidine rings is 1. The van der Waals surface area contributed by atoms with Crippen LogP contribution in [0.4, 0.5) is 0 Å². The number of methoxy groups -OCH3 is 1. The predicted octanol–water partition coefficient (Wildman–Crippen LogP) is 2.55. The summed E-state index contributed by atoms with van der Waals surface area (Å²) in [4.78, 5) is 14.6. The molecule has 0 spiro atoms. The molecule has 0 atom stereocenters. The quantitative estimate of drug-likeness (QED) is 0.875. The Morgan fingerprint density at radius 2 is 2.00 bits per heavy atom. The van der Waals surface area contributed by atoms with Gasteiger partial charge >= 0.3 is 0 Å². The molecule has 0 unspecified atom stereocenters. The van der Waals surface area contributed by atoms with E-state index in [0.717, 1.165) is 25.9 Å². The Morgan fingerprint density at radius 1 is 1.30 bits per heavy atom. The van der Waals surface area contributed by atoms with Crippen LogP contribution in [0.2, 0.25) is 0 Å². The third-order valence-electron chi connectivity index (χ3n) is 4.16. The third-order valence-corrected chi connectivity index (χ3v) is 4.16. The summed E-state index contributed by atoms with van der Waals surface area (Å²) < 4.78 is 11.1. The lowest BCUT2D eigenvalue weighted by molar-refractivity contribution is 0.0703. The number of nitrogens with zero attached hydrogens (tertiary/aromatic N) is 1. The fraction of sp³-hybridized carbons (Fsp3) is 0.611. The van der Waals surface area contributed by atoms with Crippen molar-refractivity contribution in [3.8, 4) is 11.5 Å². The van der Waals surface area contributed by atoms with Crippen LogP contribution in [0.15, 0.2) is 18.2 Å². The van der Waals surface area contributed by atoms with Crippen molar-refractivity contribution < 1.29 is 14.3 Å². The van der Waals surface area contributed by atoms with Gasteiger partial charge in [-0.25, -0.2) is 0 Å². The highest BCUT2D eigenvalue weighted by molar-refractivity contribution is 5.95. The van der Waals surface area contributed by atoms with Crippen molar-refractivity contribution in [3.05, 3.63) is 23.8 Å². The van der Waals surface area contributed by atoms with Gasteiger partial charge in [-0.05, 0) is 50.0 Å². The number of ether oxygens (including phenoxy) is 2. The van der Waals surface area contributed by atoms with Crippen LogP contribution in [0.5, 0.6) is 11.5 Å². The number of hydrogen-bond donors (Lipinski definition) is 1. The zero-order chi connectivity index (χ0) is 16.8. The number of carbonyl (C=O) groups excluding carboxylic acids is 1. The molecule has 1 aliphatic rings. The lowest BCUT2D eigenvalue weighted by Crippen LogP contribution is -2.43. The van der Waals surface area contributed by atoms with E-state index >= 15 is 0 Å². The largest absolute Gasteiger partial charge is 0.493 e. The van der Waals surface area contributed by atoms with E-state index in [4.69, 9.17) is 9.47 Å². The number of benzene rings is 1. The Morgan fingerprint density at radius 3 is 2.61 bits per heavy atom. The number of amides is 1.